The van der Waals surface area contributed by atoms with Crippen molar-refractivity contribution in [2.45, 2.75) is 23.8 Å². The summed E-state index contributed by atoms with van der Waals surface area (Å²) in [6.07, 6.45) is 3.05. The third-order valence-electron chi connectivity index (χ3n) is 3.71. The first kappa shape index (κ1) is 15.4. The van der Waals surface area contributed by atoms with Crippen molar-refractivity contribution in [1.82, 2.24) is 9.29 Å². The van der Waals surface area contributed by atoms with Crippen LogP contribution in [0.15, 0.2) is 47.5 Å². The zero-order chi connectivity index (χ0) is 15.7. The van der Waals surface area contributed by atoms with Gasteiger partial charge in [0.05, 0.1) is 16.8 Å². The van der Waals surface area contributed by atoms with Crippen molar-refractivity contribution in [2.75, 3.05) is 6.54 Å². The smallest absolute Gasteiger partial charge is 0.245 e. The molecule has 0 aliphatic carbocycles. The van der Waals surface area contributed by atoms with Crippen LogP contribution in [0.5, 0.6) is 0 Å². The van der Waals surface area contributed by atoms with E-state index < -0.39 is 15.8 Å². The maximum atomic E-state index is 13.4. The van der Waals surface area contributed by atoms with E-state index in [9.17, 15) is 12.8 Å². The number of pyridine rings is 1. The highest BCUT2D eigenvalue weighted by atomic mass is 35.5. The number of nitrogens with zero attached hydrogens (tertiary/aromatic N) is 2. The van der Waals surface area contributed by atoms with Crippen molar-refractivity contribution in [2.24, 2.45) is 0 Å². The maximum absolute atomic E-state index is 13.4. The summed E-state index contributed by atoms with van der Waals surface area (Å²) >= 11 is 5.96. The van der Waals surface area contributed by atoms with Gasteiger partial charge < -0.3 is 0 Å². The Bertz CT molecular complexity index is 783. The number of aromatic nitrogens is 1. The van der Waals surface area contributed by atoms with Gasteiger partial charge in [0, 0.05) is 12.7 Å². The van der Waals surface area contributed by atoms with E-state index in [1.807, 2.05) is 6.07 Å². The molecular weight excluding hydrogens is 327 g/mol. The predicted molar refractivity (Wildman–Crippen MR) is 81.5 cm³/mol. The minimum Gasteiger partial charge on any atom is -0.260 e. The molecule has 0 spiro atoms. The fraction of sp³-hybridized carbons (Fsp3) is 0.267. The third-order valence-corrected chi connectivity index (χ3v) is 6.10. The third kappa shape index (κ3) is 2.74. The first-order chi connectivity index (χ1) is 10.5. The van der Waals surface area contributed by atoms with Gasteiger partial charge in [0.2, 0.25) is 10.0 Å². The molecule has 0 bridgehead atoms. The standard InChI is InChI=1S/C15H14ClFN2O2S/c16-12-7-6-11(17)10-15(12)22(20,21)19-9-3-5-14(19)13-4-1-2-8-18-13/h1-2,4,6-8,10,14H,3,5,9H2/t14-/m0/s1. The molecule has 1 aliphatic rings. The van der Waals surface area contributed by atoms with Crippen LogP contribution in [0.3, 0.4) is 0 Å². The molecule has 0 radical (unpaired) electrons. The number of hydrogen-bond acceptors (Lipinski definition) is 3. The van der Waals surface area contributed by atoms with Gasteiger partial charge in [-0.1, -0.05) is 17.7 Å². The fourth-order valence-electron chi connectivity index (χ4n) is 2.70. The van der Waals surface area contributed by atoms with Crippen molar-refractivity contribution < 1.29 is 12.8 Å². The minimum absolute atomic E-state index is 0.0214. The summed E-state index contributed by atoms with van der Waals surface area (Å²) < 4.78 is 40.5. The lowest BCUT2D eigenvalue weighted by atomic mass is 10.1. The molecule has 1 saturated heterocycles. The number of benzene rings is 1. The fourth-order valence-corrected chi connectivity index (χ4v) is 4.85. The monoisotopic (exact) mass is 340 g/mol. The Hall–Kier alpha value is -1.50. The molecule has 0 unspecified atom stereocenters. The Balaban J connectivity index is 2.03. The summed E-state index contributed by atoms with van der Waals surface area (Å²) in [7, 11) is -3.87. The van der Waals surface area contributed by atoms with E-state index >= 15 is 0 Å². The molecule has 4 nitrogen and oxygen atoms in total. The normalized spacial score (nSPS) is 19.5. The van der Waals surface area contributed by atoms with E-state index in [0.717, 1.165) is 18.6 Å². The summed E-state index contributed by atoms with van der Waals surface area (Å²) in [6.45, 7) is 0.371. The molecule has 1 aromatic carbocycles. The second-order valence-corrected chi connectivity index (χ2v) is 7.37. The molecule has 2 heterocycles. The van der Waals surface area contributed by atoms with Crippen LogP contribution in [0.25, 0.3) is 0 Å². The van der Waals surface area contributed by atoms with Crippen LogP contribution in [-0.2, 0) is 10.0 Å². The lowest BCUT2D eigenvalue weighted by Gasteiger charge is -2.24. The van der Waals surface area contributed by atoms with Crippen LogP contribution in [0.4, 0.5) is 4.39 Å². The molecule has 1 atom stereocenters. The predicted octanol–water partition coefficient (Wildman–Crippen LogP) is 3.40. The average molecular weight is 341 g/mol. The Labute approximate surface area is 133 Å². The molecular formula is C15H14ClFN2O2S. The van der Waals surface area contributed by atoms with E-state index in [-0.39, 0.29) is 16.0 Å². The van der Waals surface area contributed by atoms with E-state index in [4.69, 9.17) is 11.6 Å². The van der Waals surface area contributed by atoms with E-state index in [0.29, 0.717) is 18.7 Å². The van der Waals surface area contributed by atoms with Crippen molar-refractivity contribution in [3.8, 4) is 0 Å². The van der Waals surface area contributed by atoms with Gasteiger partial charge in [-0.15, -0.1) is 0 Å². The van der Waals surface area contributed by atoms with Gasteiger partial charge in [-0.2, -0.15) is 4.31 Å². The SMILES string of the molecule is O=S(=O)(c1cc(F)ccc1Cl)N1CCC[C@H]1c1ccccn1. The summed E-state index contributed by atoms with van der Waals surface area (Å²) in [5.74, 6) is -0.628. The summed E-state index contributed by atoms with van der Waals surface area (Å²) in [4.78, 5) is 4.05. The van der Waals surface area contributed by atoms with E-state index in [1.54, 1.807) is 18.3 Å². The van der Waals surface area contributed by atoms with Crippen LogP contribution in [0.2, 0.25) is 5.02 Å². The molecule has 3 rings (SSSR count). The molecule has 22 heavy (non-hydrogen) atoms. The van der Waals surface area contributed by atoms with Crippen LogP contribution in [-0.4, -0.2) is 24.3 Å². The summed E-state index contributed by atoms with van der Waals surface area (Å²) in [5.41, 5.74) is 0.691. The van der Waals surface area contributed by atoms with Gasteiger partial charge in [0.15, 0.2) is 0 Å². The van der Waals surface area contributed by atoms with Crippen molar-refractivity contribution >= 4 is 21.6 Å². The molecule has 116 valence electrons. The van der Waals surface area contributed by atoms with Crippen LogP contribution in [0.1, 0.15) is 24.6 Å². The average Bonchev–Trinajstić information content (AvgIpc) is 3.01. The first-order valence-electron chi connectivity index (χ1n) is 6.88. The Kier molecular flexibility index (Phi) is 4.16. The van der Waals surface area contributed by atoms with Gasteiger partial charge in [0.1, 0.15) is 10.7 Å². The van der Waals surface area contributed by atoms with Crippen LogP contribution >= 0.6 is 11.6 Å². The second kappa shape index (κ2) is 5.95. The summed E-state index contributed by atoms with van der Waals surface area (Å²) in [5, 5.41) is 0.0214. The van der Waals surface area contributed by atoms with Gasteiger partial charge in [-0.3, -0.25) is 4.98 Å². The van der Waals surface area contributed by atoms with Gasteiger partial charge in [-0.25, -0.2) is 12.8 Å². The van der Waals surface area contributed by atoms with Crippen molar-refractivity contribution in [3.05, 3.63) is 59.1 Å². The highest BCUT2D eigenvalue weighted by Gasteiger charge is 2.37. The molecule has 0 saturated carbocycles. The lowest BCUT2D eigenvalue weighted by Crippen LogP contribution is -2.31. The number of sulfonamides is 1. The number of rotatable bonds is 3. The molecule has 0 N–H and O–H groups in total. The Morgan fingerprint density at radius 2 is 2.09 bits per heavy atom. The van der Waals surface area contributed by atoms with Crippen LogP contribution < -0.4 is 0 Å². The highest BCUT2D eigenvalue weighted by molar-refractivity contribution is 7.89. The molecule has 7 heteroatoms. The number of halogens is 2. The largest absolute Gasteiger partial charge is 0.260 e. The van der Waals surface area contributed by atoms with Gasteiger partial charge >= 0.3 is 0 Å². The second-order valence-electron chi connectivity index (χ2n) is 5.10. The van der Waals surface area contributed by atoms with E-state index in [1.165, 1.54) is 10.4 Å². The minimum atomic E-state index is -3.87. The zero-order valence-corrected chi connectivity index (χ0v) is 13.2. The van der Waals surface area contributed by atoms with Crippen molar-refractivity contribution in [3.63, 3.8) is 0 Å². The zero-order valence-electron chi connectivity index (χ0n) is 11.6. The molecule has 1 aliphatic heterocycles. The maximum Gasteiger partial charge on any atom is 0.245 e. The Morgan fingerprint density at radius 3 is 2.82 bits per heavy atom. The summed E-state index contributed by atoms with van der Waals surface area (Å²) in [6, 6.07) is 8.42. The van der Waals surface area contributed by atoms with Gasteiger partial charge in [-0.05, 0) is 43.2 Å². The topological polar surface area (TPSA) is 50.3 Å². The molecule has 1 aromatic heterocycles. The Morgan fingerprint density at radius 1 is 1.27 bits per heavy atom. The highest BCUT2D eigenvalue weighted by Crippen LogP contribution is 2.37. The quantitative estimate of drug-likeness (QED) is 0.860. The first-order valence-corrected chi connectivity index (χ1v) is 8.70. The van der Waals surface area contributed by atoms with Crippen molar-refractivity contribution in [1.29, 1.82) is 0 Å². The lowest BCUT2D eigenvalue weighted by molar-refractivity contribution is 0.390. The number of hydrogen-bond donors (Lipinski definition) is 0. The molecule has 2 aromatic rings. The molecule has 0 amide bonds. The molecule has 1 fully saturated rings. The van der Waals surface area contributed by atoms with Gasteiger partial charge in [0.25, 0.3) is 0 Å². The van der Waals surface area contributed by atoms with E-state index in [2.05, 4.69) is 4.98 Å². The van der Waals surface area contributed by atoms with Crippen LogP contribution in [0, 0.1) is 5.82 Å².